The molecule has 0 aromatic rings. The van der Waals surface area contributed by atoms with Gasteiger partial charge in [0, 0.05) is 0 Å². The molecule has 0 bridgehead atoms. The van der Waals surface area contributed by atoms with Crippen molar-refractivity contribution in [3.05, 3.63) is 0 Å². The van der Waals surface area contributed by atoms with E-state index in [4.69, 9.17) is 14.0 Å². The van der Waals surface area contributed by atoms with Gasteiger partial charge in [0.25, 0.3) is 0 Å². The summed E-state index contributed by atoms with van der Waals surface area (Å²) in [7, 11) is -2.63. The van der Waals surface area contributed by atoms with Crippen LogP contribution in [0.15, 0.2) is 0 Å². The largest absolute Gasteiger partial charge is 0.462 e. The van der Waals surface area contributed by atoms with Gasteiger partial charge >= 0.3 is 13.1 Å². The summed E-state index contributed by atoms with van der Waals surface area (Å²) in [5, 5.41) is 0. The number of ether oxygens (including phenoxy) is 3. The average Bonchev–Trinajstić information content (AvgIpc) is 2.43. The van der Waals surface area contributed by atoms with Crippen molar-refractivity contribution < 1.29 is 28.1 Å². The van der Waals surface area contributed by atoms with Crippen LogP contribution >= 0.6 is 7.37 Å². The fourth-order valence-electron chi connectivity index (χ4n) is 1.24. The summed E-state index contributed by atoms with van der Waals surface area (Å²) >= 11 is 0. The maximum Gasteiger partial charge on any atom is 0.396 e. The van der Waals surface area contributed by atoms with E-state index in [-0.39, 0.29) is 6.61 Å². The first-order valence-corrected chi connectivity index (χ1v) is 8.32. The number of carbonyl (C=O) groups excluding carboxylic acids is 1. The van der Waals surface area contributed by atoms with Crippen LogP contribution in [0.4, 0.5) is 4.79 Å². The van der Waals surface area contributed by atoms with Crippen LogP contribution in [-0.4, -0.2) is 38.7 Å². The highest BCUT2D eigenvalue weighted by Gasteiger charge is 2.45. The predicted molar refractivity (Wildman–Crippen MR) is 72.5 cm³/mol. The number of carbonyl (C=O) groups is 1. The lowest BCUT2D eigenvalue weighted by atomic mass is 10.5. The van der Waals surface area contributed by atoms with Crippen LogP contribution < -0.4 is 0 Å². The highest BCUT2D eigenvalue weighted by molar-refractivity contribution is 7.75. The SMILES string of the molecule is CCCOC(OCCC)P(=O)(OCCC)C(=O)OC. The molecule has 7 heteroatoms. The monoisotopic (exact) mass is 296 g/mol. The van der Waals surface area contributed by atoms with Gasteiger partial charge in [-0.1, -0.05) is 20.8 Å². The van der Waals surface area contributed by atoms with Crippen LogP contribution in [0, 0.1) is 0 Å². The lowest BCUT2D eigenvalue weighted by Crippen LogP contribution is -2.24. The zero-order valence-corrected chi connectivity index (χ0v) is 13.1. The second kappa shape index (κ2) is 10.4. The molecular formula is C12H25O6P. The van der Waals surface area contributed by atoms with Gasteiger partial charge in [-0.3, -0.25) is 4.57 Å². The van der Waals surface area contributed by atoms with E-state index in [9.17, 15) is 9.36 Å². The molecule has 0 radical (unpaired) electrons. The van der Waals surface area contributed by atoms with Crippen LogP contribution in [0.2, 0.25) is 0 Å². The highest BCUT2D eigenvalue weighted by atomic mass is 31.2. The Morgan fingerprint density at radius 1 is 1.00 bits per heavy atom. The summed E-state index contributed by atoms with van der Waals surface area (Å²) in [5.41, 5.74) is -0.918. The van der Waals surface area contributed by atoms with Gasteiger partial charge in [-0.25, -0.2) is 4.79 Å². The van der Waals surface area contributed by atoms with Crippen molar-refractivity contribution in [3.8, 4) is 0 Å². The van der Waals surface area contributed by atoms with Gasteiger partial charge < -0.3 is 18.7 Å². The smallest absolute Gasteiger partial charge is 0.396 e. The first-order chi connectivity index (χ1) is 9.06. The Morgan fingerprint density at radius 2 is 1.47 bits per heavy atom. The van der Waals surface area contributed by atoms with Gasteiger partial charge in [-0.15, -0.1) is 0 Å². The number of methoxy groups -OCH3 is 1. The fraction of sp³-hybridized carbons (Fsp3) is 0.917. The van der Waals surface area contributed by atoms with E-state index in [1.165, 1.54) is 7.11 Å². The topological polar surface area (TPSA) is 71.1 Å². The quantitative estimate of drug-likeness (QED) is 0.428. The van der Waals surface area contributed by atoms with E-state index in [0.717, 1.165) is 12.8 Å². The average molecular weight is 296 g/mol. The number of rotatable bonds is 11. The standard InChI is InChI=1S/C12H25O6P/c1-5-8-16-12(17-9-6-2)19(14,11(13)15-4)18-10-7-3/h12H,5-10H2,1-4H3. The second-order valence-electron chi connectivity index (χ2n) is 3.95. The van der Waals surface area contributed by atoms with Gasteiger partial charge in [0.15, 0.2) is 0 Å². The highest BCUT2D eigenvalue weighted by Crippen LogP contribution is 2.54. The molecule has 0 N–H and O–H groups in total. The van der Waals surface area contributed by atoms with Crippen molar-refractivity contribution in [2.45, 2.75) is 46.1 Å². The third-order valence-electron chi connectivity index (χ3n) is 2.12. The van der Waals surface area contributed by atoms with Gasteiger partial charge in [0.2, 0.25) is 6.03 Å². The summed E-state index contributed by atoms with van der Waals surface area (Å²) in [5.74, 6) is 0. The molecule has 0 aliphatic rings. The van der Waals surface area contributed by atoms with Gasteiger partial charge in [-0.2, -0.15) is 0 Å². The Balaban J connectivity index is 4.97. The Kier molecular flexibility index (Phi) is 10.1. The predicted octanol–water partition coefficient (Wildman–Crippen LogP) is 3.59. The van der Waals surface area contributed by atoms with Crippen LogP contribution in [0.3, 0.4) is 0 Å². The van der Waals surface area contributed by atoms with Gasteiger partial charge in [0.1, 0.15) is 0 Å². The Bertz CT molecular complexity index is 286. The molecule has 0 saturated carbocycles. The Labute approximate surface area is 115 Å². The molecule has 0 aromatic heterocycles. The van der Waals surface area contributed by atoms with Crippen molar-refractivity contribution in [2.75, 3.05) is 26.9 Å². The maximum atomic E-state index is 12.7. The summed E-state index contributed by atoms with van der Waals surface area (Å²) < 4.78 is 33.2. The third kappa shape index (κ3) is 6.04. The van der Waals surface area contributed by atoms with Gasteiger partial charge in [-0.05, 0) is 19.3 Å². The zero-order valence-electron chi connectivity index (χ0n) is 12.2. The molecule has 0 fully saturated rings. The van der Waals surface area contributed by atoms with E-state index in [2.05, 4.69) is 4.74 Å². The molecule has 6 nitrogen and oxygen atoms in total. The van der Waals surface area contributed by atoms with Gasteiger partial charge in [0.05, 0.1) is 26.9 Å². The third-order valence-corrected chi connectivity index (χ3v) is 4.23. The van der Waals surface area contributed by atoms with E-state index in [1.807, 2.05) is 20.8 Å². The van der Waals surface area contributed by atoms with Crippen molar-refractivity contribution in [3.63, 3.8) is 0 Å². The van der Waals surface area contributed by atoms with Crippen LogP contribution in [0.5, 0.6) is 0 Å². The zero-order chi connectivity index (χ0) is 14.7. The number of hydrogen-bond acceptors (Lipinski definition) is 6. The molecule has 1 atom stereocenters. The molecular weight excluding hydrogens is 271 g/mol. The lowest BCUT2D eigenvalue weighted by Gasteiger charge is -2.25. The number of hydrogen-bond donors (Lipinski definition) is 0. The fourth-order valence-corrected chi connectivity index (χ4v) is 2.95. The molecule has 0 aliphatic heterocycles. The molecule has 0 aromatic carbocycles. The molecule has 0 spiro atoms. The second-order valence-corrected chi connectivity index (χ2v) is 6.19. The van der Waals surface area contributed by atoms with Crippen molar-refractivity contribution >= 4 is 13.1 Å². The summed E-state index contributed by atoms with van der Waals surface area (Å²) in [4.78, 5) is 11.7. The molecule has 114 valence electrons. The maximum absolute atomic E-state index is 12.7. The molecule has 0 aliphatic carbocycles. The van der Waals surface area contributed by atoms with Crippen molar-refractivity contribution in [1.29, 1.82) is 0 Å². The normalized spacial score (nSPS) is 14.4. The van der Waals surface area contributed by atoms with Crippen LogP contribution in [0.25, 0.3) is 0 Å². The minimum atomic E-state index is -3.80. The molecule has 0 amide bonds. The van der Waals surface area contributed by atoms with E-state index in [1.54, 1.807) is 0 Å². The molecule has 0 heterocycles. The first kappa shape index (κ1) is 18.6. The summed E-state index contributed by atoms with van der Waals surface area (Å²) in [6.07, 6.45) is 2.08. The summed E-state index contributed by atoms with van der Waals surface area (Å²) in [6.45, 7) is 6.54. The summed E-state index contributed by atoms with van der Waals surface area (Å²) in [6, 6.07) is -1.19. The molecule has 0 saturated heterocycles. The van der Waals surface area contributed by atoms with E-state index >= 15 is 0 Å². The first-order valence-electron chi connectivity index (χ1n) is 6.62. The van der Waals surface area contributed by atoms with Crippen LogP contribution in [0.1, 0.15) is 40.0 Å². The van der Waals surface area contributed by atoms with Crippen molar-refractivity contribution in [2.24, 2.45) is 0 Å². The van der Waals surface area contributed by atoms with Crippen LogP contribution in [-0.2, 0) is 23.3 Å². The Morgan fingerprint density at radius 3 is 1.84 bits per heavy atom. The molecule has 0 rings (SSSR count). The molecule has 19 heavy (non-hydrogen) atoms. The lowest BCUT2D eigenvalue weighted by molar-refractivity contribution is -0.0957. The Hall–Kier alpha value is -0.420. The molecule has 1 unspecified atom stereocenters. The van der Waals surface area contributed by atoms with Crippen molar-refractivity contribution in [1.82, 2.24) is 0 Å². The minimum Gasteiger partial charge on any atom is -0.462 e. The van der Waals surface area contributed by atoms with E-state index in [0.29, 0.717) is 19.6 Å². The minimum absolute atomic E-state index is 0.188. The van der Waals surface area contributed by atoms with E-state index < -0.39 is 19.1 Å².